The van der Waals surface area contributed by atoms with Gasteiger partial charge >= 0.3 is 5.97 Å². The van der Waals surface area contributed by atoms with Crippen LogP contribution in [0, 0.1) is 18.8 Å². The van der Waals surface area contributed by atoms with Gasteiger partial charge in [-0.25, -0.2) is 9.78 Å². The van der Waals surface area contributed by atoms with E-state index in [1.807, 2.05) is 0 Å². The fourth-order valence-electron chi connectivity index (χ4n) is 0.842. The number of carboxylic acid groups (broad SMARTS) is 1. The molecule has 0 aliphatic heterocycles. The molecule has 1 rings (SSSR count). The zero-order valence-corrected chi connectivity index (χ0v) is 9.28. The van der Waals surface area contributed by atoms with Crippen molar-refractivity contribution in [3.63, 3.8) is 0 Å². The molecule has 0 aromatic carbocycles. The van der Waals surface area contributed by atoms with E-state index in [0.29, 0.717) is 22.9 Å². The average Bonchev–Trinajstić information content (AvgIpc) is 2.47. The zero-order valence-electron chi connectivity index (χ0n) is 7.57. The summed E-state index contributed by atoms with van der Waals surface area (Å²) in [5.74, 6) is 5.42. The number of nitrogens with zero attached hydrogens (tertiary/aromatic N) is 1. The molecule has 0 radical (unpaired) electrons. The van der Waals surface area contributed by atoms with E-state index in [4.69, 9.17) is 5.11 Å². The maximum Gasteiger partial charge on any atom is 0.347 e. The van der Waals surface area contributed by atoms with Gasteiger partial charge in [-0.2, -0.15) is 12.6 Å². The molecule has 1 aromatic heterocycles. The molecule has 0 aliphatic rings. The van der Waals surface area contributed by atoms with Gasteiger partial charge in [0.25, 0.3) is 0 Å². The average molecular weight is 227 g/mol. The van der Waals surface area contributed by atoms with Crippen LogP contribution in [-0.2, 0) is 0 Å². The molecule has 1 aromatic rings. The van der Waals surface area contributed by atoms with Crippen molar-refractivity contribution in [1.29, 1.82) is 0 Å². The van der Waals surface area contributed by atoms with Crippen LogP contribution >= 0.6 is 24.0 Å². The van der Waals surface area contributed by atoms with Crippen molar-refractivity contribution in [3.8, 4) is 11.8 Å². The quantitative estimate of drug-likeness (QED) is 0.598. The number of carboxylic acids is 1. The lowest BCUT2D eigenvalue weighted by atomic mass is 10.4. The normalized spacial score (nSPS) is 9.29. The van der Waals surface area contributed by atoms with Crippen LogP contribution in [0.3, 0.4) is 0 Å². The maximum atomic E-state index is 10.7. The lowest BCUT2D eigenvalue weighted by molar-refractivity contribution is 0.0701. The molecule has 0 saturated heterocycles. The Morgan fingerprint density at radius 1 is 1.71 bits per heavy atom. The van der Waals surface area contributed by atoms with Gasteiger partial charge in [0.1, 0.15) is 4.88 Å². The summed E-state index contributed by atoms with van der Waals surface area (Å²) in [7, 11) is 0. The van der Waals surface area contributed by atoms with E-state index >= 15 is 0 Å². The van der Waals surface area contributed by atoms with Crippen molar-refractivity contribution < 1.29 is 9.90 Å². The van der Waals surface area contributed by atoms with Crippen LogP contribution in [-0.4, -0.2) is 21.8 Å². The van der Waals surface area contributed by atoms with Crippen LogP contribution in [0.1, 0.15) is 26.8 Å². The zero-order chi connectivity index (χ0) is 10.6. The highest BCUT2D eigenvalue weighted by Crippen LogP contribution is 2.16. The van der Waals surface area contributed by atoms with Gasteiger partial charge in [0.05, 0.1) is 5.69 Å². The Labute approximate surface area is 91.6 Å². The summed E-state index contributed by atoms with van der Waals surface area (Å²) in [5.41, 5.74) is 0.526. The van der Waals surface area contributed by atoms with Crippen LogP contribution in [0.4, 0.5) is 0 Å². The Bertz CT molecular complexity index is 401. The van der Waals surface area contributed by atoms with E-state index in [0.717, 1.165) is 11.3 Å². The predicted molar refractivity (Wildman–Crippen MR) is 59.2 cm³/mol. The van der Waals surface area contributed by atoms with Crippen LogP contribution < -0.4 is 0 Å². The molecule has 5 heteroatoms. The molecule has 0 fully saturated rings. The van der Waals surface area contributed by atoms with Gasteiger partial charge in [-0.05, 0) is 12.8 Å². The summed E-state index contributed by atoms with van der Waals surface area (Å²) < 4.78 is 0. The summed E-state index contributed by atoms with van der Waals surface area (Å²) in [6.07, 6.45) is 0.685. The van der Waals surface area contributed by atoms with E-state index in [-0.39, 0.29) is 4.88 Å². The minimum atomic E-state index is -0.942. The summed E-state index contributed by atoms with van der Waals surface area (Å²) in [6, 6.07) is 0. The number of aromatic carboxylic acids is 1. The Morgan fingerprint density at radius 3 is 2.93 bits per heavy atom. The molecule has 1 heterocycles. The maximum absolute atomic E-state index is 10.7. The SMILES string of the molecule is Cc1nc(C#CCCS)sc1C(=O)O. The molecule has 3 nitrogen and oxygen atoms in total. The van der Waals surface area contributed by atoms with Crippen molar-refractivity contribution in [1.82, 2.24) is 4.98 Å². The number of rotatable bonds is 2. The molecule has 0 amide bonds. The van der Waals surface area contributed by atoms with Gasteiger partial charge in [-0.1, -0.05) is 17.3 Å². The standard InChI is InChI=1S/C9H9NO2S2/c1-6-8(9(11)12)14-7(10-6)4-2-3-5-13/h13H,3,5H2,1H3,(H,11,12). The van der Waals surface area contributed by atoms with Crippen LogP contribution in [0.25, 0.3) is 0 Å². The summed E-state index contributed by atoms with van der Waals surface area (Å²) in [4.78, 5) is 15.0. The van der Waals surface area contributed by atoms with Crippen LogP contribution in [0.5, 0.6) is 0 Å². The van der Waals surface area contributed by atoms with E-state index < -0.39 is 5.97 Å². The lowest BCUT2D eigenvalue weighted by Crippen LogP contribution is -1.94. The number of carbonyl (C=O) groups is 1. The molecule has 1 N–H and O–H groups in total. The highest BCUT2D eigenvalue weighted by atomic mass is 32.1. The van der Waals surface area contributed by atoms with E-state index in [9.17, 15) is 4.79 Å². The third-order valence-corrected chi connectivity index (χ3v) is 2.71. The second-order valence-electron chi connectivity index (χ2n) is 2.51. The Kier molecular flexibility index (Phi) is 3.98. The van der Waals surface area contributed by atoms with Gasteiger partial charge in [0, 0.05) is 12.2 Å². The fourth-order valence-corrected chi connectivity index (χ4v) is 1.73. The highest BCUT2D eigenvalue weighted by molar-refractivity contribution is 7.80. The summed E-state index contributed by atoms with van der Waals surface area (Å²) >= 11 is 5.12. The molecule has 0 atom stereocenters. The van der Waals surface area contributed by atoms with E-state index in [1.54, 1.807) is 6.92 Å². The Morgan fingerprint density at radius 2 is 2.43 bits per heavy atom. The third-order valence-electron chi connectivity index (χ3n) is 1.42. The van der Waals surface area contributed by atoms with Crippen molar-refractivity contribution in [2.45, 2.75) is 13.3 Å². The van der Waals surface area contributed by atoms with Gasteiger partial charge in [-0.3, -0.25) is 0 Å². The number of aryl methyl sites for hydroxylation is 1. The second kappa shape index (κ2) is 5.03. The molecular formula is C9H9NO2S2. The first-order valence-electron chi connectivity index (χ1n) is 3.95. The molecule has 0 bridgehead atoms. The molecule has 74 valence electrons. The Balaban J connectivity index is 2.88. The fraction of sp³-hybridized carbons (Fsp3) is 0.333. The molecule has 14 heavy (non-hydrogen) atoms. The van der Waals surface area contributed by atoms with Crippen molar-refractivity contribution in [2.24, 2.45) is 0 Å². The first-order valence-corrected chi connectivity index (χ1v) is 5.40. The molecule has 0 spiro atoms. The number of thiazole rings is 1. The smallest absolute Gasteiger partial charge is 0.347 e. The largest absolute Gasteiger partial charge is 0.477 e. The number of hydrogen-bond donors (Lipinski definition) is 2. The Hall–Kier alpha value is -0.990. The number of aromatic nitrogens is 1. The van der Waals surface area contributed by atoms with Crippen molar-refractivity contribution >= 4 is 29.9 Å². The molecular weight excluding hydrogens is 218 g/mol. The molecule has 0 aliphatic carbocycles. The minimum absolute atomic E-state index is 0.264. The van der Waals surface area contributed by atoms with E-state index in [1.165, 1.54) is 0 Å². The highest BCUT2D eigenvalue weighted by Gasteiger charge is 2.12. The monoisotopic (exact) mass is 227 g/mol. The summed E-state index contributed by atoms with van der Waals surface area (Å²) in [5, 5.41) is 9.32. The first-order chi connectivity index (χ1) is 6.65. The lowest BCUT2D eigenvalue weighted by Gasteiger charge is -1.84. The van der Waals surface area contributed by atoms with Gasteiger partial charge in [0.2, 0.25) is 0 Å². The topological polar surface area (TPSA) is 50.2 Å². The predicted octanol–water partition coefficient (Wildman–Crippen LogP) is 1.82. The number of thiol groups is 1. The van der Waals surface area contributed by atoms with Crippen molar-refractivity contribution in [2.75, 3.05) is 5.75 Å². The molecule has 0 unspecified atom stereocenters. The van der Waals surface area contributed by atoms with Crippen LogP contribution in [0.15, 0.2) is 0 Å². The second-order valence-corrected chi connectivity index (χ2v) is 3.96. The van der Waals surface area contributed by atoms with Gasteiger partial charge in [0.15, 0.2) is 5.01 Å². The van der Waals surface area contributed by atoms with Gasteiger partial charge in [-0.15, -0.1) is 0 Å². The molecule has 0 saturated carbocycles. The first kappa shape index (κ1) is 11.1. The minimum Gasteiger partial charge on any atom is -0.477 e. The third kappa shape index (κ3) is 2.76. The number of hydrogen-bond acceptors (Lipinski definition) is 4. The van der Waals surface area contributed by atoms with Crippen LogP contribution in [0.2, 0.25) is 0 Å². The van der Waals surface area contributed by atoms with E-state index in [2.05, 4.69) is 29.5 Å². The van der Waals surface area contributed by atoms with Crippen molar-refractivity contribution in [3.05, 3.63) is 15.6 Å². The van der Waals surface area contributed by atoms with Gasteiger partial charge < -0.3 is 5.11 Å². The summed E-state index contributed by atoms with van der Waals surface area (Å²) in [6.45, 7) is 1.67.